The van der Waals surface area contributed by atoms with Crippen molar-refractivity contribution in [3.63, 3.8) is 0 Å². The molecule has 0 aliphatic carbocycles. The van der Waals surface area contributed by atoms with Crippen molar-refractivity contribution < 1.29 is 9.53 Å². The first kappa shape index (κ1) is 24.4. The Kier molecular flexibility index (Phi) is 8.46. The molecule has 1 aromatic heterocycles. The van der Waals surface area contributed by atoms with Crippen LogP contribution in [0.15, 0.2) is 66.7 Å². The maximum Gasteiger partial charge on any atom is 0.255 e. The maximum absolute atomic E-state index is 12.7. The van der Waals surface area contributed by atoms with E-state index in [9.17, 15) is 4.79 Å². The number of carbonyl (C=O) groups is 1. The summed E-state index contributed by atoms with van der Waals surface area (Å²) in [4.78, 5) is 12.7. The molecule has 3 aromatic carbocycles. The lowest BCUT2D eigenvalue weighted by atomic mass is 10.0. The number of unbranched alkanes of at least 4 members (excludes halogenated alkanes) is 1. The molecule has 1 amide bonds. The highest BCUT2D eigenvalue weighted by atomic mass is 35.5. The van der Waals surface area contributed by atoms with Gasteiger partial charge in [-0.15, -0.1) is 5.10 Å². The Labute approximate surface area is 209 Å². The van der Waals surface area contributed by atoms with Crippen LogP contribution in [0.1, 0.15) is 47.1 Å². The van der Waals surface area contributed by atoms with Crippen molar-refractivity contribution in [1.29, 1.82) is 0 Å². The summed E-state index contributed by atoms with van der Waals surface area (Å²) in [6, 6.07) is 21.9. The van der Waals surface area contributed by atoms with E-state index >= 15 is 0 Å². The van der Waals surface area contributed by atoms with Crippen LogP contribution in [0.4, 0.5) is 0 Å². The van der Waals surface area contributed by atoms with Crippen molar-refractivity contribution in [1.82, 2.24) is 25.9 Å². The van der Waals surface area contributed by atoms with E-state index < -0.39 is 0 Å². The van der Waals surface area contributed by atoms with E-state index in [2.05, 4.69) is 81.4 Å². The van der Waals surface area contributed by atoms with E-state index in [1.807, 2.05) is 0 Å². The van der Waals surface area contributed by atoms with Crippen LogP contribution in [0.2, 0.25) is 5.02 Å². The minimum Gasteiger partial charge on any atom is -0.493 e. The molecule has 0 unspecified atom stereocenters. The Bertz CT molecular complexity index is 1230. The average molecular weight is 490 g/mol. The van der Waals surface area contributed by atoms with Crippen LogP contribution in [0.25, 0.3) is 11.1 Å². The molecule has 0 aliphatic rings. The van der Waals surface area contributed by atoms with Crippen molar-refractivity contribution >= 4 is 17.5 Å². The molecule has 2 N–H and O–H groups in total. The van der Waals surface area contributed by atoms with Gasteiger partial charge in [-0.05, 0) is 63.7 Å². The molecule has 35 heavy (non-hydrogen) atoms. The molecule has 0 aliphatic heterocycles. The van der Waals surface area contributed by atoms with Crippen LogP contribution >= 0.6 is 11.6 Å². The van der Waals surface area contributed by atoms with Crippen molar-refractivity contribution in [2.75, 3.05) is 13.2 Å². The van der Waals surface area contributed by atoms with Gasteiger partial charge in [0.2, 0.25) is 0 Å². The lowest BCUT2D eigenvalue weighted by molar-refractivity contribution is 0.0950. The van der Waals surface area contributed by atoms with Crippen LogP contribution in [-0.2, 0) is 12.8 Å². The molecule has 0 saturated heterocycles. The largest absolute Gasteiger partial charge is 0.493 e. The second kappa shape index (κ2) is 12.1. The second-order valence-electron chi connectivity index (χ2n) is 8.27. The van der Waals surface area contributed by atoms with E-state index in [-0.39, 0.29) is 5.91 Å². The van der Waals surface area contributed by atoms with Gasteiger partial charge in [0.15, 0.2) is 5.82 Å². The minimum absolute atomic E-state index is 0.184. The highest BCUT2D eigenvalue weighted by Gasteiger charge is 2.13. The zero-order valence-electron chi connectivity index (χ0n) is 19.6. The predicted molar refractivity (Wildman–Crippen MR) is 137 cm³/mol. The number of nitrogens with one attached hydrogen (secondary N) is 2. The monoisotopic (exact) mass is 489 g/mol. The molecule has 7 nitrogen and oxygen atoms in total. The molecule has 0 atom stereocenters. The summed E-state index contributed by atoms with van der Waals surface area (Å²) in [6.45, 7) is 3.19. The number of rotatable bonds is 11. The van der Waals surface area contributed by atoms with Crippen LogP contribution in [0.3, 0.4) is 0 Å². The SMILES string of the molecule is CCCCOc1ccc(Cl)cc1C(=O)NCCc1ccc(-c2ccc(Cc3nnn[nH]3)cc2)cc1. The number of carbonyl (C=O) groups excluding carboxylic acids is 1. The molecule has 0 saturated carbocycles. The molecule has 1 heterocycles. The van der Waals surface area contributed by atoms with Gasteiger partial charge in [0.1, 0.15) is 5.75 Å². The first-order chi connectivity index (χ1) is 17.1. The fraction of sp³-hybridized carbons (Fsp3) is 0.259. The molecule has 0 fully saturated rings. The normalized spacial score (nSPS) is 10.8. The van der Waals surface area contributed by atoms with Gasteiger partial charge >= 0.3 is 0 Å². The van der Waals surface area contributed by atoms with E-state index in [1.165, 1.54) is 0 Å². The fourth-order valence-electron chi connectivity index (χ4n) is 3.67. The number of benzene rings is 3. The standard InChI is InChI=1S/C27H28ClN5O2/c1-2-3-16-35-25-13-12-23(28)18-24(25)27(34)29-15-14-19-4-8-21(9-5-19)22-10-6-20(7-11-22)17-26-30-32-33-31-26/h4-13,18H,2-3,14-17H2,1H3,(H,29,34)(H,30,31,32,33). The van der Waals surface area contributed by atoms with E-state index in [1.54, 1.807) is 18.2 Å². The van der Waals surface area contributed by atoms with E-state index in [0.717, 1.165) is 47.3 Å². The van der Waals surface area contributed by atoms with Crippen molar-refractivity contribution in [2.24, 2.45) is 0 Å². The van der Waals surface area contributed by atoms with Gasteiger partial charge < -0.3 is 10.1 Å². The fourth-order valence-corrected chi connectivity index (χ4v) is 3.85. The number of halogens is 1. The van der Waals surface area contributed by atoms with Gasteiger partial charge in [0.05, 0.1) is 12.2 Å². The zero-order valence-corrected chi connectivity index (χ0v) is 20.4. The van der Waals surface area contributed by atoms with Gasteiger partial charge in [-0.3, -0.25) is 4.79 Å². The van der Waals surface area contributed by atoms with Crippen LogP contribution in [0.5, 0.6) is 5.75 Å². The van der Waals surface area contributed by atoms with Crippen LogP contribution in [-0.4, -0.2) is 39.7 Å². The van der Waals surface area contributed by atoms with Gasteiger partial charge in [-0.25, -0.2) is 5.10 Å². The third-order valence-electron chi connectivity index (χ3n) is 5.64. The molecular formula is C27H28ClN5O2. The number of hydrogen-bond donors (Lipinski definition) is 2. The quantitative estimate of drug-likeness (QED) is 0.280. The maximum atomic E-state index is 12.7. The van der Waals surface area contributed by atoms with Crippen molar-refractivity contribution in [3.05, 3.63) is 94.3 Å². The lowest BCUT2D eigenvalue weighted by Gasteiger charge is -2.12. The first-order valence-corrected chi connectivity index (χ1v) is 12.1. The highest BCUT2D eigenvalue weighted by Crippen LogP contribution is 2.24. The molecule has 8 heteroatoms. The summed E-state index contributed by atoms with van der Waals surface area (Å²) in [5.41, 5.74) is 5.03. The van der Waals surface area contributed by atoms with Crippen LogP contribution in [0, 0.1) is 0 Å². The molecule has 0 bridgehead atoms. The zero-order chi connectivity index (χ0) is 24.5. The summed E-state index contributed by atoms with van der Waals surface area (Å²) >= 11 is 6.11. The smallest absolute Gasteiger partial charge is 0.255 e. The Hall–Kier alpha value is -3.71. The molecular weight excluding hydrogens is 462 g/mol. The number of amides is 1. The number of hydrogen-bond acceptors (Lipinski definition) is 5. The molecule has 0 radical (unpaired) electrons. The summed E-state index contributed by atoms with van der Waals surface area (Å²) in [5, 5.41) is 17.4. The van der Waals surface area contributed by atoms with E-state index in [4.69, 9.17) is 16.3 Å². The number of nitrogens with zero attached hydrogens (tertiary/aromatic N) is 3. The van der Waals surface area contributed by atoms with Crippen molar-refractivity contribution in [2.45, 2.75) is 32.6 Å². The number of ether oxygens (including phenoxy) is 1. The molecule has 180 valence electrons. The number of aromatic amines is 1. The predicted octanol–water partition coefficient (Wildman–Crippen LogP) is 5.26. The van der Waals surface area contributed by atoms with Gasteiger partial charge in [0.25, 0.3) is 5.91 Å². The molecule has 4 aromatic rings. The Morgan fingerprint density at radius 2 is 1.71 bits per heavy atom. The highest BCUT2D eigenvalue weighted by molar-refractivity contribution is 6.31. The van der Waals surface area contributed by atoms with Gasteiger partial charge in [-0.2, -0.15) is 0 Å². The summed E-state index contributed by atoms with van der Waals surface area (Å²) in [5.74, 6) is 1.12. The number of aromatic nitrogens is 4. The average Bonchev–Trinajstić information content (AvgIpc) is 3.39. The Balaban J connectivity index is 1.30. The molecule has 4 rings (SSSR count). The third kappa shape index (κ3) is 6.90. The molecule has 0 spiro atoms. The second-order valence-corrected chi connectivity index (χ2v) is 8.70. The third-order valence-corrected chi connectivity index (χ3v) is 5.88. The number of H-pyrrole nitrogens is 1. The topological polar surface area (TPSA) is 92.8 Å². The summed E-state index contributed by atoms with van der Waals surface area (Å²) in [6.07, 6.45) is 3.35. The Morgan fingerprint density at radius 1 is 1.00 bits per heavy atom. The number of tetrazole rings is 1. The summed E-state index contributed by atoms with van der Waals surface area (Å²) in [7, 11) is 0. The Morgan fingerprint density at radius 3 is 2.37 bits per heavy atom. The first-order valence-electron chi connectivity index (χ1n) is 11.7. The minimum atomic E-state index is -0.184. The lowest BCUT2D eigenvalue weighted by Crippen LogP contribution is -2.26. The van der Waals surface area contributed by atoms with Crippen LogP contribution < -0.4 is 10.1 Å². The van der Waals surface area contributed by atoms with E-state index in [0.29, 0.717) is 35.9 Å². The van der Waals surface area contributed by atoms with Gasteiger partial charge in [0, 0.05) is 18.0 Å². The summed E-state index contributed by atoms with van der Waals surface area (Å²) < 4.78 is 5.78. The van der Waals surface area contributed by atoms with Crippen molar-refractivity contribution in [3.8, 4) is 16.9 Å². The van der Waals surface area contributed by atoms with Gasteiger partial charge in [-0.1, -0.05) is 73.5 Å².